The van der Waals surface area contributed by atoms with E-state index in [1.54, 1.807) is 0 Å². The van der Waals surface area contributed by atoms with Crippen LogP contribution < -0.4 is 0 Å². The minimum Gasteiger partial charge on any atom is -0.410 e. The molecule has 4 rings (SSSR count). The van der Waals surface area contributed by atoms with Crippen molar-refractivity contribution < 1.29 is 9.21 Å². The second-order valence-corrected chi connectivity index (χ2v) is 7.19. The van der Waals surface area contributed by atoms with Crippen LogP contribution in [-0.4, -0.2) is 39.1 Å². The first kappa shape index (κ1) is 16.0. The molecule has 1 aromatic carbocycles. The van der Waals surface area contributed by atoms with Crippen molar-refractivity contribution in [1.29, 1.82) is 0 Å². The highest BCUT2D eigenvalue weighted by molar-refractivity contribution is 7.99. The quantitative estimate of drug-likeness (QED) is 0.643. The number of rotatable bonds is 5. The van der Waals surface area contributed by atoms with E-state index in [-0.39, 0.29) is 11.7 Å². The number of hydrogen-bond acceptors (Lipinski definition) is 7. The van der Waals surface area contributed by atoms with Gasteiger partial charge in [0, 0.05) is 6.42 Å². The van der Waals surface area contributed by atoms with Gasteiger partial charge in [0.2, 0.25) is 0 Å². The molecule has 0 spiro atoms. The summed E-state index contributed by atoms with van der Waals surface area (Å²) in [5.41, 5.74) is 2.00. The molecular formula is C17H14N4O2S2. The van der Waals surface area contributed by atoms with Gasteiger partial charge in [-0.15, -0.1) is 21.5 Å². The van der Waals surface area contributed by atoms with E-state index in [4.69, 9.17) is 4.42 Å². The summed E-state index contributed by atoms with van der Waals surface area (Å²) >= 11 is 2.77. The number of carbonyl (C=O) groups excluding carboxylic acids is 1. The molecule has 0 atom stereocenters. The Labute approximate surface area is 152 Å². The van der Waals surface area contributed by atoms with Crippen LogP contribution in [0.5, 0.6) is 0 Å². The Morgan fingerprint density at radius 2 is 2.08 bits per heavy atom. The monoisotopic (exact) mass is 370 g/mol. The molecule has 1 aliphatic heterocycles. The van der Waals surface area contributed by atoms with Crippen molar-refractivity contribution in [3.8, 4) is 10.8 Å². The van der Waals surface area contributed by atoms with Crippen molar-refractivity contribution in [2.24, 2.45) is 5.10 Å². The molecule has 8 heteroatoms. The summed E-state index contributed by atoms with van der Waals surface area (Å²) < 4.78 is 5.58. The first-order chi connectivity index (χ1) is 12.3. The Bertz CT molecular complexity index is 891. The van der Waals surface area contributed by atoms with Gasteiger partial charge in [0.25, 0.3) is 17.0 Å². The van der Waals surface area contributed by atoms with Gasteiger partial charge < -0.3 is 4.42 Å². The molecule has 0 N–H and O–H groups in total. The smallest absolute Gasteiger partial charge is 0.277 e. The van der Waals surface area contributed by atoms with Crippen molar-refractivity contribution in [3.63, 3.8) is 0 Å². The van der Waals surface area contributed by atoms with Gasteiger partial charge in [-0.2, -0.15) is 5.10 Å². The molecule has 0 saturated carbocycles. The molecule has 0 radical (unpaired) electrons. The van der Waals surface area contributed by atoms with Crippen molar-refractivity contribution >= 4 is 34.7 Å². The van der Waals surface area contributed by atoms with Crippen LogP contribution in [0.2, 0.25) is 0 Å². The van der Waals surface area contributed by atoms with Crippen molar-refractivity contribution in [1.82, 2.24) is 15.2 Å². The molecule has 1 amide bonds. The topological polar surface area (TPSA) is 71.6 Å². The van der Waals surface area contributed by atoms with Crippen LogP contribution in [0.3, 0.4) is 0 Å². The second-order valence-electron chi connectivity index (χ2n) is 5.32. The lowest BCUT2D eigenvalue weighted by atomic mass is 10.1. The molecule has 0 unspecified atom stereocenters. The van der Waals surface area contributed by atoms with E-state index in [1.807, 2.05) is 47.8 Å². The summed E-state index contributed by atoms with van der Waals surface area (Å²) in [7, 11) is 0. The van der Waals surface area contributed by atoms with Gasteiger partial charge >= 0.3 is 0 Å². The Balaban J connectivity index is 1.36. The van der Waals surface area contributed by atoms with E-state index in [2.05, 4.69) is 15.3 Å². The largest absolute Gasteiger partial charge is 0.410 e. The lowest BCUT2D eigenvalue weighted by Crippen LogP contribution is -2.25. The molecule has 6 nitrogen and oxygen atoms in total. The van der Waals surface area contributed by atoms with Crippen LogP contribution in [0.4, 0.5) is 0 Å². The van der Waals surface area contributed by atoms with Crippen LogP contribution in [0.15, 0.2) is 62.6 Å². The molecule has 0 bridgehead atoms. The highest BCUT2D eigenvalue weighted by Gasteiger charge is 2.22. The third kappa shape index (κ3) is 3.64. The maximum atomic E-state index is 12.3. The maximum Gasteiger partial charge on any atom is 0.277 e. The fraction of sp³-hybridized carbons (Fsp3) is 0.176. The number of hydrogen-bond donors (Lipinski definition) is 0. The van der Waals surface area contributed by atoms with E-state index in [1.165, 1.54) is 28.1 Å². The Hall–Kier alpha value is -2.45. The summed E-state index contributed by atoms with van der Waals surface area (Å²) in [4.78, 5) is 13.3. The van der Waals surface area contributed by atoms with Crippen molar-refractivity contribution in [2.75, 3.05) is 12.3 Å². The minimum atomic E-state index is -0.0631. The molecule has 126 valence electrons. The van der Waals surface area contributed by atoms with E-state index in [0.717, 1.165) is 22.6 Å². The number of thiophene rings is 1. The van der Waals surface area contributed by atoms with Crippen LogP contribution >= 0.6 is 23.1 Å². The first-order valence-corrected chi connectivity index (χ1v) is 9.59. The lowest BCUT2D eigenvalue weighted by Gasteiger charge is -2.09. The number of nitrogens with zero attached hydrogens (tertiary/aromatic N) is 4. The third-order valence-corrected chi connectivity index (χ3v) is 5.32. The standard InChI is InChI=1S/C17H14N4O2S2/c22-15(21-9-8-13(20-21)12-5-2-1-3-6-12)11-25-17-19-18-16(23-17)14-7-4-10-24-14/h1-7,10H,8-9,11H2. The third-order valence-electron chi connectivity index (χ3n) is 3.65. The zero-order chi connectivity index (χ0) is 17.1. The van der Waals surface area contributed by atoms with Gasteiger partial charge in [0.15, 0.2) is 0 Å². The van der Waals surface area contributed by atoms with E-state index in [9.17, 15) is 4.79 Å². The summed E-state index contributed by atoms with van der Waals surface area (Å²) in [5, 5.41) is 16.3. The van der Waals surface area contributed by atoms with E-state index in [0.29, 0.717) is 17.7 Å². The summed E-state index contributed by atoms with van der Waals surface area (Å²) in [6.07, 6.45) is 0.767. The molecule has 0 saturated heterocycles. The van der Waals surface area contributed by atoms with Crippen molar-refractivity contribution in [2.45, 2.75) is 11.6 Å². The van der Waals surface area contributed by atoms with E-state index >= 15 is 0 Å². The van der Waals surface area contributed by atoms with Crippen molar-refractivity contribution in [3.05, 3.63) is 53.4 Å². The number of aromatic nitrogens is 2. The predicted octanol–water partition coefficient (Wildman–Crippen LogP) is 3.53. The molecular weight excluding hydrogens is 356 g/mol. The summed E-state index contributed by atoms with van der Waals surface area (Å²) in [5.74, 6) is 0.639. The van der Waals surface area contributed by atoms with Gasteiger partial charge in [-0.05, 0) is 17.0 Å². The van der Waals surface area contributed by atoms with E-state index < -0.39 is 0 Å². The van der Waals surface area contributed by atoms with Crippen LogP contribution in [-0.2, 0) is 4.79 Å². The Morgan fingerprint density at radius 3 is 2.88 bits per heavy atom. The maximum absolute atomic E-state index is 12.3. The van der Waals surface area contributed by atoms with Crippen LogP contribution in [0.1, 0.15) is 12.0 Å². The predicted molar refractivity (Wildman–Crippen MR) is 97.6 cm³/mol. The zero-order valence-corrected chi connectivity index (χ0v) is 14.8. The average Bonchev–Trinajstić information content (AvgIpc) is 3.41. The fourth-order valence-electron chi connectivity index (χ4n) is 2.44. The molecule has 3 heterocycles. The first-order valence-electron chi connectivity index (χ1n) is 7.73. The molecule has 0 fully saturated rings. The highest BCUT2D eigenvalue weighted by atomic mass is 32.2. The highest BCUT2D eigenvalue weighted by Crippen LogP contribution is 2.26. The van der Waals surface area contributed by atoms with Gasteiger partial charge in [-0.1, -0.05) is 48.2 Å². The summed E-state index contributed by atoms with van der Waals surface area (Å²) in [6.45, 7) is 0.605. The average molecular weight is 370 g/mol. The van der Waals surface area contributed by atoms with Gasteiger partial charge in [-0.25, -0.2) is 5.01 Å². The number of hydrazone groups is 1. The zero-order valence-electron chi connectivity index (χ0n) is 13.2. The van der Waals surface area contributed by atoms with Crippen LogP contribution in [0, 0.1) is 0 Å². The van der Waals surface area contributed by atoms with Crippen LogP contribution in [0.25, 0.3) is 10.8 Å². The number of amides is 1. The lowest BCUT2D eigenvalue weighted by molar-refractivity contribution is -0.127. The number of thioether (sulfide) groups is 1. The molecule has 1 aliphatic rings. The molecule has 3 aromatic rings. The number of benzene rings is 1. The molecule has 0 aliphatic carbocycles. The van der Waals surface area contributed by atoms with Gasteiger partial charge in [-0.3, -0.25) is 4.79 Å². The normalized spacial score (nSPS) is 13.9. The van der Waals surface area contributed by atoms with Gasteiger partial charge in [0.05, 0.1) is 22.9 Å². The fourth-order valence-corrected chi connectivity index (χ4v) is 3.71. The molecule has 2 aromatic heterocycles. The molecule has 25 heavy (non-hydrogen) atoms. The second kappa shape index (κ2) is 7.20. The minimum absolute atomic E-state index is 0.0631. The Morgan fingerprint density at radius 1 is 1.20 bits per heavy atom. The Kier molecular flexibility index (Phi) is 4.62. The number of carbonyl (C=O) groups is 1. The van der Waals surface area contributed by atoms with Gasteiger partial charge in [0.1, 0.15) is 0 Å². The summed E-state index contributed by atoms with van der Waals surface area (Å²) in [6, 6.07) is 13.8. The SMILES string of the molecule is O=C(CSc1nnc(-c2cccs2)o1)N1CCC(c2ccccc2)=N1.